The van der Waals surface area contributed by atoms with Crippen LogP contribution in [-0.2, 0) is 15.6 Å². The SMILES string of the molecule is CC(C)c1cc(C(=O)NS(=O)(=O)c2cccc3cnccc23)nn1C(C)(C)C. The van der Waals surface area contributed by atoms with E-state index in [4.69, 9.17) is 0 Å². The lowest BCUT2D eigenvalue weighted by Crippen LogP contribution is -2.32. The average molecular weight is 401 g/mol. The molecule has 0 unspecified atom stereocenters. The number of carbonyl (C=O) groups excluding carboxylic acids is 1. The Morgan fingerprint density at radius 3 is 2.50 bits per heavy atom. The van der Waals surface area contributed by atoms with Gasteiger partial charge in [0.1, 0.15) is 0 Å². The molecule has 0 atom stereocenters. The van der Waals surface area contributed by atoms with E-state index in [2.05, 4.69) is 14.8 Å². The Labute approximate surface area is 164 Å². The monoisotopic (exact) mass is 400 g/mol. The fraction of sp³-hybridized carbons (Fsp3) is 0.350. The van der Waals surface area contributed by atoms with Gasteiger partial charge >= 0.3 is 0 Å². The zero-order valence-electron chi connectivity index (χ0n) is 16.6. The highest BCUT2D eigenvalue weighted by atomic mass is 32.2. The zero-order valence-corrected chi connectivity index (χ0v) is 17.4. The van der Waals surface area contributed by atoms with Crippen LogP contribution in [0.5, 0.6) is 0 Å². The van der Waals surface area contributed by atoms with Crippen molar-refractivity contribution in [2.45, 2.75) is 51.0 Å². The highest BCUT2D eigenvalue weighted by molar-refractivity contribution is 7.90. The summed E-state index contributed by atoms with van der Waals surface area (Å²) in [5.41, 5.74) is 0.606. The molecule has 0 bridgehead atoms. The molecule has 0 fully saturated rings. The maximum absolute atomic E-state index is 12.9. The van der Waals surface area contributed by atoms with E-state index in [9.17, 15) is 13.2 Å². The first-order valence-corrected chi connectivity index (χ1v) is 10.5. The van der Waals surface area contributed by atoms with E-state index in [1.54, 1.807) is 35.1 Å². The van der Waals surface area contributed by atoms with Crippen molar-refractivity contribution in [1.29, 1.82) is 0 Å². The molecule has 0 saturated carbocycles. The molecule has 148 valence electrons. The van der Waals surface area contributed by atoms with Crippen molar-refractivity contribution in [3.8, 4) is 0 Å². The third-order valence-corrected chi connectivity index (χ3v) is 5.74. The van der Waals surface area contributed by atoms with Crippen LogP contribution in [0, 0.1) is 0 Å². The Morgan fingerprint density at radius 1 is 1.18 bits per heavy atom. The average Bonchev–Trinajstić information content (AvgIpc) is 3.07. The van der Waals surface area contributed by atoms with Gasteiger partial charge in [-0.25, -0.2) is 13.1 Å². The van der Waals surface area contributed by atoms with Crippen LogP contribution in [0.15, 0.2) is 47.6 Å². The number of aromatic nitrogens is 3. The Kier molecular flexibility index (Phi) is 5.01. The maximum Gasteiger partial charge on any atom is 0.285 e. The number of nitrogens with one attached hydrogen (secondary N) is 1. The summed E-state index contributed by atoms with van der Waals surface area (Å²) in [7, 11) is -4.07. The van der Waals surface area contributed by atoms with Gasteiger partial charge in [0.05, 0.1) is 10.4 Å². The largest absolute Gasteiger partial charge is 0.285 e. The van der Waals surface area contributed by atoms with Gasteiger partial charge in [0.15, 0.2) is 5.69 Å². The Hall–Kier alpha value is -2.74. The van der Waals surface area contributed by atoms with Gasteiger partial charge in [-0.05, 0) is 44.9 Å². The summed E-state index contributed by atoms with van der Waals surface area (Å²) < 4.78 is 29.6. The van der Waals surface area contributed by atoms with Crippen molar-refractivity contribution in [3.05, 3.63) is 54.1 Å². The highest BCUT2D eigenvalue weighted by Crippen LogP contribution is 2.25. The molecule has 0 aliphatic rings. The van der Waals surface area contributed by atoms with Crippen LogP contribution in [-0.4, -0.2) is 29.1 Å². The molecule has 7 nitrogen and oxygen atoms in total. The lowest BCUT2D eigenvalue weighted by molar-refractivity contribution is 0.0975. The van der Waals surface area contributed by atoms with Gasteiger partial charge in [-0.1, -0.05) is 26.0 Å². The number of pyridine rings is 1. The van der Waals surface area contributed by atoms with Crippen molar-refractivity contribution >= 4 is 26.7 Å². The topological polar surface area (TPSA) is 93.9 Å². The molecule has 0 spiro atoms. The van der Waals surface area contributed by atoms with Crippen molar-refractivity contribution in [2.75, 3.05) is 0 Å². The van der Waals surface area contributed by atoms with Gasteiger partial charge in [0.25, 0.3) is 15.9 Å². The second-order valence-electron chi connectivity index (χ2n) is 7.98. The number of rotatable bonds is 4. The third kappa shape index (κ3) is 3.77. The van der Waals surface area contributed by atoms with E-state index in [1.807, 2.05) is 34.6 Å². The fourth-order valence-corrected chi connectivity index (χ4v) is 4.20. The van der Waals surface area contributed by atoms with Gasteiger partial charge < -0.3 is 0 Å². The van der Waals surface area contributed by atoms with Gasteiger partial charge in [-0.15, -0.1) is 0 Å². The second kappa shape index (κ2) is 7.01. The molecular weight excluding hydrogens is 376 g/mol. The van der Waals surface area contributed by atoms with Crippen molar-refractivity contribution in [1.82, 2.24) is 19.5 Å². The van der Waals surface area contributed by atoms with Gasteiger partial charge in [0, 0.05) is 28.9 Å². The van der Waals surface area contributed by atoms with Crippen LogP contribution in [0.25, 0.3) is 10.8 Å². The summed E-state index contributed by atoms with van der Waals surface area (Å²) in [5.74, 6) is -0.619. The number of benzene rings is 1. The highest BCUT2D eigenvalue weighted by Gasteiger charge is 2.26. The summed E-state index contributed by atoms with van der Waals surface area (Å²) in [5, 5.41) is 5.55. The summed E-state index contributed by atoms with van der Waals surface area (Å²) in [6.07, 6.45) is 3.10. The van der Waals surface area contributed by atoms with Crippen molar-refractivity contribution in [2.24, 2.45) is 0 Å². The smallest absolute Gasteiger partial charge is 0.266 e. The zero-order chi connectivity index (χ0) is 20.7. The number of hydrogen-bond acceptors (Lipinski definition) is 5. The lowest BCUT2D eigenvalue weighted by Gasteiger charge is -2.23. The predicted molar refractivity (Wildman–Crippen MR) is 108 cm³/mol. The van der Waals surface area contributed by atoms with E-state index in [1.165, 1.54) is 12.3 Å². The van der Waals surface area contributed by atoms with E-state index in [-0.39, 0.29) is 22.0 Å². The summed E-state index contributed by atoms with van der Waals surface area (Å²) in [6.45, 7) is 9.95. The number of sulfonamides is 1. The minimum atomic E-state index is -4.07. The van der Waals surface area contributed by atoms with Crippen LogP contribution >= 0.6 is 0 Å². The molecule has 1 N–H and O–H groups in total. The van der Waals surface area contributed by atoms with Gasteiger partial charge in [-0.2, -0.15) is 5.10 Å². The third-order valence-electron chi connectivity index (χ3n) is 4.35. The first-order valence-electron chi connectivity index (χ1n) is 9.01. The number of hydrogen-bond donors (Lipinski definition) is 1. The van der Waals surface area contributed by atoms with Crippen LogP contribution < -0.4 is 4.72 Å². The molecule has 0 aliphatic carbocycles. The summed E-state index contributed by atoms with van der Waals surface area (Å²) in [6, 6.07) is 8.11. The number of fused-ring (bicyclic) bond motifs is 1. The molecule has 0 radical (unpaired) electrons. The van der Waals surface area contributed by atoms with Gasteiger partial charge in [0.2, 0.25) is 0 Å². The fourth-order valence-electron chi connectivity index (χ4n) is 3.01. The molecule has 0 aliphatic heterocycles. The van der Waals surface area contributed by atoms with Crippen molar-refractivity contribution in [3.63, 3.8) is 0 Å². The van der Waals surface area contributed by atoms with E-state index in [0.29, 0.717) is 10.8 Å². The first kappa shape index (κ1) is 20.0. The summed E-state index contributed by atoms with van der Waals surface area (Å²) >= 11 is 0. The number of nitrogens with zero attached hydrogens (tertiary/aromatic N) is 3. The Balaban J connectivity index is 1.98. The van der Waals surface area contributed by atoms with Gasteiger partial charge in [-0.3, -0.25) is 14.5 Å². The maximum atomic E-state index is 12.9. The molecule has 8 heteroatoms. The normalized spacial score (nSPS) is 12.5. The lowest BCUT2D eigenvalue weighted by atomic mass is 10.1. The van der Waals surface area contributed by atoms with Crippen LogP contribution in [0.4, 0.5) is 0 Å². The molecule has 2 heterocycles. The van der Waals surface area contributed by atoms with E-state index in [0.717, 1.165) is 5.69 Å². The van der Waals surface area contributed by atoms with E-state index < -0.39 is 15.9 Å². The minimum absolute atomic E-state index is 0.0279. The molecule has 2 aromatic heterocycles. The number of amides is 1. The quantitative estimate of drug-likeness (QED) is 0.724. The van der Waals surface area contributed by atoms with Crippen LogP contribution in [0.3, 0.4) is 0 Å². The molecule has 1 aromatic carbocycles. The Morgan fingerprint density at radius 2 is 1.89 bits per heavy atom. The molecule has 28 heavy (non-hydrogen) atoms. The van der Waals surface area contributed by atoms with Crippen LogP contribution in [0.1, 0.15) is 56.7 Å². The predicted octanol–water partition coefficient (Wildman–Crippen LogP) is 3.43. The molecule has 3 aromatic rings. The molecule has 0 saturated heterocycles. The second-order valence-corrected chi connectivity index (χ2v) is 9.63. The first-order chi connectivity index (χ1) is 13.0. The molecular formula is C20H24N4O3S. The van der Waals surface area contributed by atoms with Crippen LogP contribution in [0.2, 0.25) is 0 Å². The molecule has 3 rings (SSSR count). The standard InChI is InChI=1S/C20H24N4O3S/c1-13(2)17-11-16(22-24(17)20(3,4)5)19(25)23-28(26,27)18-8-6-7-14-12-21-10-9-15(14)18/h6-13H,1-5H3,(H,23,25). The summed E-state index contributed by atoms with van der Waals surface area (Å²) in [4.78, 5) is 16.7. The number of carbonyl (C=O) groups is 1. The van der Waals surface area contributed by atoms with Crippen molar-refractivity contribution < 1.29 is 13.2 Å². The van der Waals surface area contributed by atoms with E-state index >= 15 is 0 Å². The minimum Gasteiger partial charge on any atom is -0.266 e. The molecule has 1 amide bonds. The Bertz CT molecular complexity index is 1140.